The first kappa shape index (κ1) is 25.4. The van der Waals surface area contributed by atoms with Crippen LogP contribution in [0.1, 0.15) is 66.0 Å². The summed E-state index contributed by atoms with van der Waals surface area (Å²) in [4.78, 5) is 6.29. The Labute approximate surface area is 222 Å². The molecule has 2 heterocycles. The lowest BCUT2D eigenvalue weighted by atomic mass is 9.77. The summed E-state index contributed by atoms with van der Waals surface area (Å²) in [6.45, 7) is 18.1. The Bertz CT molecular complexity index is 1410. The molecular weight excluding hydrogens is 454 g/mol. The highest BCUT2D eigenvalue weighted by atomic mass is 16.3. The summed E-state index contributed by atoms with van der Waals surface area (Å²) in [5.74, 6) is 0.111. The first-order valence-electron chi connectivity index (χ1n) is 13.8. The van der Waals surface area contributed by atoms with Crippen LogP contribution in [-0.4, -0.2) is 35.6 Å². The number of fused-ring (bicyclic) bond motifs is 2. The van der Waals surface area contributed by atoms with Crippen LogP contribution in [0.2, 0.25) is 0 Å². The number of hydrogen-bond donors (Lipinski definition) is 1. The third-order valence-electron chi connectivity index (χ3n) is 8.46. The van der Waals surface area contributed by atoms with E-state index in [0.29, 0.717) is 0 Å². The zero-order chi connectivity index (χ0) is 26.5. The van der Waals surface area contributed by atoms with E-state index in [1.54, 1.807) is 0 Å². The van der Waals surface area contributed by atoms with Gasteiger partial charge in [0.1, 0.15) is 17.9 Å². The normalized spacial score (nSPS) is 24.7. The molecule has 1 unspecified atom stereocenters. The van der Waals surface area contributed by atoms with Crippen LogP contribution in [0.4, 0.5) is 11.4 Å². The van der Waals surface area contributed by atoms with Crippen LogP contribution in [-0.2, 0) is 10.8 Å². The minimum atomic E-state index is -0.178. The summed E-state index contributed by atoms with van der Waals surface area (Å²) in [6, 6.07) is 17.3. The summed E-state index contributed by atoms with van der Waals surface area (Å²) < 4.78 is 2.35. The summed E-state index contributed by atoms with van der Waals surface area (Å²) in [5, 5.41) is 13.8. The van der Waals surface area contributed by atoms with Crippen molar-refractivity contribution >= 4 is 22.8 Å². The summed E-state index contributed by atoms with van der Waals surface area (Å²) in [5.41, 5.74) is 9.68. The topological polar surface area (TPSA) is 42.9 Å². The highest BCUT2D eigenvalue weighted by Gasteiger charge is 2.47. The van der Waals surface area contributed by atoms with E-state index in [1.807, 2.05) is 0 Å². The molecule has 2 aromatic carbocycles. The molecule has 4 nitrogen and oxygen atoms in total. The van der Waals surface area contributed by atoms with Gasteiger partial charge >= 0.3 is 0 Å². The second-order valence-corrected chi connectivity index (χ2v) is 11.4. The minimum Gasteiger partial charge on any atom is -0.872 e. The average Bonchev–Trinajstić information content (AvgIpc) is 3.25. The second-order valence-electron chi connectivity index (χ2n) is 11.4. The van der Waals surface area contributed by atoms with Crippen LogP contribution in [0.25, 0.3) is 0 Å². The Morgan fingerprint density at radius 2 is 1.57 bits per heavy atom. The molecule has 0 saturated carbocycles. The fourth-order valence-electron chi connectivity index (χ4n) is 6.43. The standard InChI is InChI=1S/C33H39N3O/c1-8-19-34-30-22(20-28-32(4,5)24-15-11-13-17-26(24)35(28)9-2)31(37)23(30)21-29-33(6,7)25-16-12-14-18-27(25)36(29)10-3/h11-18,20-21H,8-10,19H2,1-7H3/p+1. The first-order valence-corrected chi connectivity index (χ1v) is 13.8. The molecule has 0 fully saturated rings. The molecule has 0 bridgehead atoms. The van der Waals surface area contributed by atoms with E-state index in [2.05, 4.69) is 114 Å². The van der Waals surface area contributed by atoms with Gasteiger partial charge in [0.05, 0.1) is 23.1 Å². The lowest BCUT2D eigenvalue weighted by Crippen LogP contribution is -3.04. The van der Waals surface area contributed by atoms with Crippen molar-refractivity contribution in [1.29, 1.82) is 0 Å². The molecule has 0 aromatic heterocycles. The molecule has 0 amide bonds. The molecule has 0 saturated heterocycles. The number of quaternary nitrogens is 1. The molecular formula is C33H40N3O+. The van der Waals surface area contributed by atoms with Gasteiger partial charge in [-0.05, 0) is 65.2 Å². The van der Waals surface area contributed by atoms with Gasteiger partial charge < -0.3 is 5.11 Å². The number of nitrogens with one attached hydrogen (secondary N) is 1. The zero-order valence-electron chi connectivity index (χ0n) is 23.4. The Morgan fingerprint density at radius 3 is 2.24 bits per heavy atom. The molecule has 3 aliphatic rings. The van der Waals surface area contributed by atoms with E-state index in [-0.39, 0.29) is 16.6 Å². The second kappa shape index (κ2) is 9.25. The van der Waals surface area contributed by atoms with Crippen molar-refractivity contribution in [1.82, 2.24) is 0 Å². The minimum absolute atomic E-state index is 0.111. The van der Waals surface area contributed by atoms with Gasteiger partial charge in [-0.15, -0.1) is 0 Å². The number of allylic oxidation sites excluding steroid dienone is 5. The maximum absolute atomic E-state index is 13.8. The van der Waals surface area contributed by atoms with Crippen molar-refractivity contribution in [2.75, 3.05) is 19.6 Å². The molecule has 2 aromatic rings. The predicted molar refractivity (Wildman–Crippen MR) is 151 cm³/mol. The van der Waals surface area contributed by atoms with Gasteiger partial charge in [-0.3, -0.25) is 9.89 Å². The Balaban J connectivity index is 1.64. The number of benzene rings is 2. The van der Waals surface area contributed by atoms with Gasteiger partial charge in [-0.2, -0.15) is 4.58 Å². The van der Waals surface area contributed by atoms with Crippen LogP contribution in [0, 0.1) is 0 Å². The number of nitrogens with zero attached hydrogens (tertiary/aromatic N) is 2. The van der Waals surface area contributed by atoms with E-state index in [1.165, 1.54) is 38.8 Å². The van der Waals surface area contributed by atoms with Gasteiger partial charge in [0.25, 0.3) is 0 Å². The Hall–Kier alpha value is -3.24. The number of hydrogen-bond acceptors (Lipinski definition) is 2. The van der Waals surface area contributed by atoms with E-state index < -0.39 is 0 Å². The van der Waals surface area contributed by atoms with Crippen molar-refractivity contribution in [2.24, 2.45) is 4.99 Å². The Kier molecular flexibility index (Phi) is 6.35. The molecule has 0 spiro atoms. The van der Waals surface area contributed by atoms with Gasteiger partial charge in [0.15, 0.2) is 5.71 Å². The lowest BCUT2D eigenvalue weighted by molar-refractivity contribution is -0.786. The highest BCUT2D eigenvalue weighted by molar-refractivity contribution is 6.26. The van der Waals surface area contributed by atoms with Crippen molar-refractivity contribution < 1.29 is 14.6 Å². The Morgan fingerprint density at radius 1 is 0.892 bits per heavy atom. The number of para-hydroxylation sites is 2. The van der Waals surface area contributed by atoms with Crippen molar-refractivity contribution in [3.8, 4) is 0 Å². The molecule has 2 aliphatic heterocycles. The third kappa shape index (κ3) is 3.76. The maximum Gasteiger partial charge on any atom is 0.209 e. The zero-order valence-corrected chi connectivity index (χ0v) is 23.4. The number of aliphatic imine (C=N–C) groups is 1. The monoisotopic (exact) mass is 494 g/mol. The largest absolute Gasteiger partial charge is 0.872 e. The molecule has 0 radical (unpaired) electrons. The van der Waals surface area contributed by atoms with Crippen LogP contribution in [0.3, 0.4) is 0 Å². The van der Waals surface area contributed by atoms with Crippen molar-refractivity contribution in [3.63, 3.8) is 0 Å². The van der Waals surface area contributed by atoms with Crippen LogP contribution < -0.4 is 10.0 Å². The van der Waals surface area contributed by atoms with E-state index >= 15 is 0 Å². The maximum atomic E-state index is 13.8. The number of rotatable bonds is 6. The quantitative estimate of drug-likeness (QED) is 0.571. The van der Waals surface area contributed by atoms with Gasteiger partial charge in [-0.1, -0.05) is 49.1 Å². The summed E-state index contributed by atoms with van der Waals surface area (Å²) in [6.07, 6.45) is 5.23. The molecule has 192 valence electrons. The summed E-state index contributed by atoms with van der Waals surface area (Å²) in [7, 11) is 0. The molecule has 1 atom stereocenters. The fourth-order valence-corrected chi connectivity index (χ4v) is 6.43. The van der Waals surface area contributed by atoms with E-state index in [9.17, 15) is 5.11 Å². The highest BCUT2D eigenvalue weighted by Crippen LogP contribution is 2.43. The lowest BCUT2D eigenvalue weighted by Gasteiger charge is -2.34. The van der Waals surface area contributed by atoms with Gasteiger partial charge in [-0.25, -0.2) is 0 Å². The van der Waals surface area contributed by atoms with Gasteiger partial charge in [0.2, 0.25) is 5.69 Å². The molecule has 1 N–H and O–H groups in total. The first-order chi connectivity index (χ1) is 17.7. The van der Waals surface area contributed by atoms with Crippen molar-refractivity contribution in [2.45, 2.75) is 65.7 Å². The molecule has 4 heteroatoms. The van der Waals surface area contributed by atoms with Crippen LogP contribution in [0.15, 0.2) is 88.3 Å². The molecule has 5 rings (SSSR count). The van der Waals surface area contributed by atoms with E-state index in [0.717, 1.165) is 42.9 Å². The van der Waals surface area contributed by atoms with Crippen LogP contribution >= 0.6 is 0 Å². The SMILES string of the molecule is CCCN=C1C(=CC2=[N+](CC)c3ccccc3C2(C)C)C([O-])=C1C=C1[NH+](CC)c2ccccc2C1(C)C. The fraction of sp³-hybridized carbons (Fsp3) is 0.394. The van der Waals surface area contributed by atoms with Crippen LogP contribution in [0.5, 0.6) is 0 Å². The third-order valence-corrected chi connectivity index (χ3v) is 8.46. The predicted octanol–water partition coefficient (Wildman–Crippen LogP) is 4.90. The van der Waals surface area contributed by atoms with Crippen molar-refractivity contribution in [3.05, 3.63) is 94.4 Å². The number of likely N-dealkylation sites (N-methyl/N-ethyl adjacent to an activating group) is 1. The average molecular weight is 495 g/mol. The van der Waals surface area contributed by atoms with Gasteiger partial charge in [0, 0.05) is 35.9 Å². The smallest absolute Gasteiger partial charge is 0.209 e. The summed E-state index contributed by atoms with van der Waals surface area (Å²) >= 11 is 0. The molecule has 1 aliphatic carbocycles. The van der Waals surface area contributed by atoms with E-state index in [4.69, 9.17) is 4.99 Å². The molecule has 37 heavy (non-hydrogen) atoms.